The van der Waals surface area contributed by atoms with E-state index in [4.69, 9.17) is 0 Å². The van der Waals surface area contributed by atoms with Gasteiger partial charge in [0.05, 0.1) is 0 Å². The van der Waals surface area contributed by atoms with E-state index in [1.165, 1.54) is 55.5 Å². The first-order chi connectivity index (χ1) is 21.8. The lowest BCUT2D eigenvalue weighted by atomic mass is 9.99. The SMILES string of the molecule is CCC(F)=C(F)c1ccc(-c2cc(F)c(C(F)(F)Oc3ccc(-c4ccc(-c5cc(F)c(F)c(F)c5)c(F)c4)cc3)c(F)c2)cc1. The van der Waals surface area contributed by atoms with Gasteiger partial charge in [0.2, 0.25) is 0 Å². The molecule has 0 aliphatic rings. The van der Waals surface area contributed by atoms with Crippen LogP contribution in [0.4, 0.5) is 43.9 Å². The van der Waals surface area contributed by atoms with Crippen LogP contribution < -0.4 is 4.74 Å². The van der Waals surface area contributed by atoms with Crippen molar-refractivity contribution in [2.75, 3.05) is 0 Å². The van der Waals surface area contributed by atoms with Crippen LogP contribution in [0.25, 0.3) is 39.2 Å². The zero-order chi connectivity index (χ0) is 33.3. The van der Waals surface area contributed by atoms with Crippen LogP contribution in [0.1, 0.15) is 24.5 Å². The van der Waals surface area contributed by atoms with Gasteiger partial charge in [-0.1, -0.05) is 55.5 Å². The molecule has 5 rings (SSSR count). The molecular weight excluding hydrogens is 626 g/mol. The molecule has 0 fully saturated rings. The Labute approximate surface area is 256 Å². The first kappa shape index (κ1) is 32.3. The predicted molar refractivity (Wildman–Crippen MR) is 153 cm³/mol. The summed E-state index contributed by atoms with van der Waals surface area (Å²) >= 11 is 0. The highest BCUT2D eigenvalue weighted by Crippen LogP contribution is 2.38. The number of hydrogen-bond acceptors (Lipinski definition) is 1. The predicted octanol–water partition coefficient (Wildman–Crippen LogP) is 11.7. The highest BCUT2D eigenvalue weighted by molar-refractivity contribution is 5.72. The van der Waals surface area contributed by atoms with E-state index in [-0.39, 0.29) is 39.8 Å². The van der Waals surface area contributed by atoms with Crippen molar-refractivity contribution >= 4 is 5.83 Å². The molecule has 1 nitrogen and oxygen atoms in total. The van der Waals surface area contributed by atoms with Gasteiger partial charge in [0.1, 0.15) is 34.6 Å². The summed E-state index contributed by atoms with van der Waals surface area (Å²) in [5.74, 6) is -11.4. The Balaban J connectivity index is 1.34. The minimum atomic E-state index is -4.48. The lowest BCUT2D eigenvalue weighted by molar-refractivity contribution is -0.189. The Kier molecular flexibility index (Phi) is 8.96. The number of hydrogen-bond donors (Lipinski definition) is 0. The quantitative estimate of drug-likeness (QED) is 0.120. The highest BCUT2D eigenvalue weighted by atomic mass is 19.3. The third-order valence-corrected chi connectivity index (χ3v) is 7.05. The van der Waals surface area contributed by atoms with Crippen molar-refractivity contribution in [1.29, 1.82) is 0 Å². The van der Waals surface area contributed by atoms with Gasteiger partial charge in [-0.05, 0) is 76.7 Å². The summed E-state index contributed by atoms with van der Waals surface area (Å²) in [6, 6.07) is 15.7. The maximum Gasteiger partial charge on any atom is 0.432 e. The summed E-state index contributed by atoms with van der Waals surface area (Å²) in [5.41, 5.74) is -1.69. The Morgan fingerprint density at radius 2 is 1.04 bits per heavy atom. The smallest absolute Gasteiger partial charge is 0.429 e. The Morgan fingerprint density at radius 3 is 1.59 bits per heavy atom. The fourth-order valence-corrected chi connectivity index (χ4v) is 4.69. The zero-order valence-corrected chi connectivity index (χ0v) is 23.6. The van der Waals surface area contributed by atoms with Crippen LogP contribution >= 0.6 is 0 Å². The Hall–Kier alpha value is -5.06. The first-order valence-electron chi connectivity index (χ1n) is 13.5. The molecule has 0 amide bonds. The molecule has 0 aliphatic heterocycles. The molecule has 0 unspecified atom stereocenters. The van der Waals surface area contributed by atoms with Gasteiger partial charge in [0.15, 0.2) is 23.3 Å². The van der Waals surface area contributed by atoms with E-state index >= 15 is 8.78 Å². The van der Waals surface area contributed by atoms with E-state index in [2.05, 4.69) is 4.74 Å². The van der Waals surface area contributed by atoms with Crippen molar-refractivity contribution in [2.45, 2.75) is 19.5 Å². The van der Waals surface area contributed by atoms with E-state index in [1.54, 1.807) is 0 Å². The van der Waals surface area contributed by atoms with E-state index in [0.29, 0.717) is 29.8 Å². The van der Waals surface area contributed by atoms with Crippen molar-refractivity contribution in [1.82, 2.24) is 0 Å². The molecule has 5 aromatic rings. The lowest BCUT2D eigenvalue weighted by Gasteiger charge is -2.20. The highest BCUT2D eigenvalue weighted by Gasteiger charge is 2.41. The molecule has 5 aromatic carbocycles. The average Bonchev–Trinajstić information content (AvgIpc) is 3.02. The van der Waals surface area contributed by atoms with Gasteiger partial charge in [-0.15, -0.1) is 0 Å². The van der Waals surface area contributed by atoms with Gasteiger partial charge in [0.25, 0.3) is 0 Å². The zero-order valence-electron chi connectivity index (χ0n) is 23.6. The molecule has 0 heterocycles. The number of halogens is 10. The van der Waals surface area contributed by atoms with Crippen molar-refractivity contribution in [3.05, 3.63) is 143 Å². The van der Waals surface area contributed by atoms with Gasteiger partial charge in [-0.3, -0.25) is 0 Å². The maximum atomic E-state index is 15.0. The maximum absolute atomic E-state index is 15.0. The third kappa shape index (κ3) is 6.49. The molecule has 0 saturated carbocycles. The van der Waals surface area contributed by atoms with E-state index in [0.717, 1.165) is 18.2 Å². The van der Waals surface area contributed by atoms with Crippen molar-refractivity contribution < 1.29 is 48.6 Å². The molecule has 0 radical (unpaired) electrons. The van der Waals surface area contributed by atoms with E-state index in [9.17, 15) is 35.1 Å². The van der Waals surface area contributed by atoms with E-state index in [1.807, 2.05) is 0 Å². The van der Waals surface area contributed by atoms with Gasteiger partial charge in [-0.25, -0.2) is 35.1 Å². The van der Waals surface area contributed by atoms with Crippen LogP contribution in [-0.4, -0.2) is 0 Å². The Bertz CT molecular complexity index is 1900. The monoisotopic (exact) mass is 646 g/mol. The molecule has 46 heavy (non-hydrogen) atoms. The normalized spacial score (nSPS) is 12.2. The van der Waals surface area contributed by atoms with Crippen LogP contribution in [0, 0.1) is 34.9 Å². The summed E-state index contributed by atoms with van der Waals surface area (Å²) in [6.07, 6.45) is -4.65. The number of rotatable bonds is 8. The molecule has 0 saturated heterocycles. The minimum absolute atomic E-state index is 0.105. The lowest BCUT2D eigenvalue weighted by Crippen LogP contribution is -2.25. The van der Waals surface area contributed by atoms with Crippen LogP contribution in [0.15, 0.2) is 96.8 Å². The van der Waals surface area contributed by atoms with Crippen LogP contribution in [0.5, 0.6) is 5.75 Å². The van der Waals surface area contributed by atoms with Gasteiger partial charge in [0, 0.05) is 11.1 Å². The van der Waals surface area contributed by atoms with Crippen molar-refractivity contribution in [3.8, 4) is 39.1 Å². The van der Waals surface area contributed by atoms with Crippen LogP contribution in [0.3, 0.4) is 0 Å². The number of alkyl halides is 2. The van der Waals surface area contributed by atoms with Gasteiger partial charge in [-0.2, -0.15) is 8.78 Å². The summed E-state index contributed by atoms with van der Waals surface area (Å²) in [7, 11) is 0. The van der Waals surface area contributed by atoms with Crippen LogP contribution in [0.2, 0.25) is 0 Å². The molecule has 0 spiro atoms. The minimum Gasteiger partial charge on any atom is -0.429 e. The molecule has 0 aromatic heterocycles. The standard InChI is InChI=1S/C35H20F10O/c1-2-26(36)33(42)20-5-3-19(4-6-20)22-14-28(38)32(29(39)15-22)35(44,45)46-24-10-7-18(8-11-24)21-9-12-25(27(37)13-21)23-16-30(40)34(43)31(41)17-23/h3-17H,2H2,1H3. The fraction of sp³-hybridized carbons (Fsp3) is 0.0857. The van der Waals surface area contributed by atoms with Gasteiger partial charge < -0.3 is 4.74 Å². The van der Waals surface area contributed by atoms with Gasteiger partial charge >= 0.3 is 6.11 Å². The second kappa shape index (κ2) is 12.7. The largest absolute Gasteiger partial charge is 0.432 e. The molecule has 0 atom stereocenters. The molecule has 11 heteroatoms. The second-order valence-corrected chi connectivity index (χ2v) is 10.1. The van der Waals surface area contributed by atoms with E-state index < -0.39 is 64.0 Å². The van der Waals surface area contributed by atoms with Crippen molar-refractivity contribution in [3.63, 3.8) is 0 Å². The fourth-order valence-electron chi connectivity index (χ4n) is 4.69. The molecular formula is C35H20F10O. The molecule has 0 bridgehead atoms. The van der Waals surface area contributed by atoms with Crippen LogP contribution in [-0.2, 0) is 6.11 Å². The Morgan fingerprint density at radius 1 is 0.565 bits per heavy atom. The topological polar surface area (TPSA) is 9.23 Å². The average molecular weight is 647 g/mol. The summed E-state index contributed by atoms with van der Waals surface area (Å²) in [5, 5.41) is 0. The molecule has 236 valence electrons. The first-order valence-corrected chi connectivity index (χ1v) is 13.5. The molecule has 0 aliphatic carbocycles. The summed E-state index contributed by atoms with van der Waals surface area (Å²) < 4.78 is 147. The third-order valence-electron chi connectivity index (χ3n) is 7.05. The number of benzene rings is 5. The summed E-state index contributed by atoms with van der Waals surface area (Å²) in [4.78, 5) is 0. The number of allylic oxidation sites excluding steroid dienone is 1. The summed E-state index contributed by atoms with van der Waals surface area (Å²) in [6.45, 7) is 1.42. The van der Waals surface area contributed by atoms with Crippen molar-refractivity contribution in [2.24, 2.45) is 0 Å². The second-order valence-electron chi connectivity index (χ2n) is 10.1. The number of ether oxygens (including phenoxy) is 1. The molecule has 0 N–H and O–H groups in total.